The molecule has 1 saturated carbocycles. The molecule has 1 saturated heterocycles. The Labute approximate surface area is 124 Å². The van der Waals surface area contributed by atoms with Crippen LogP contribution in [0.1, 0.15) is 37.9 Å². The van der Waals surface area contributed by atoms with E-state index >= 15 is 0 Å². The zero-order chi connectivity index (χ0) is 15.2. The summed E-state index contributed by atoms with van der Waals surface area (Å²) in [5, 5.41) is 2.86. The number of amides is 2. The van der Waals surface area contributed by atoms with Gasteiger partial charge >= 0.3 is 0 Å². The quantitative estimate of drug-likeness (QED) is 0.914. The van der Waals surface area contributed by atoms with E-state index in [0.29, 0.717) is 12.5 Å². The molecule has 2 amide bonds. The minimum Gasteiger partial charge on any atom is -0.340 e. The van der Waals surface area contributed by atoms with Crippen molar-refractivity contribution in [2.24, 2.45) is 5.92 Å². The Morgan fingerprint density at radius 3 is 2.71 bits per heavy atom. The van der Waals surface area contributed by atoms with Crippen LogP contribution in [0.3, 0.4) is 0 Å². The average Bonchev–Trinajstić information content (AvgIpc) is 3.22. The summed E-state index contributed by atoms with van der Waals surface area (Å²) >= 11 is 0. The second-order valence-corrected chi connectivity index (χ2v) is 6.60. The van der Waals surface area contributed by atoms with Gasteiger partial charge in [0.05, 0.1) is 12.2 Å². The second-order valence-electron chi connectivity index (χ2n) is 6.60. The van der Waals surface area contributed by atoms with Crippen molar-refractivity contribution in [3.8, 4) is 0 Å². The Morgan fingerprint density at radius 1 is 1.38 bits per heavy atom. The summed E-state index contributed by atoms with van der Waals surface area (Å²) in [4.78, 5) is 31.2. The molecule has 2 fully saturated rings. The van der Waals surface area contributed by atoms with Crippen molar-refractivity contribution < 1.29 is 9.59 Å². The highest BCUT2D eigenvalue weighted by molar-refractivity contribution is 5.99. The number of aryl methyl sites for hydroxylation is 1. The van der Waals surface area contributed by atoms with Gasteiger partial charge in [-0.2, -0.15) is 0 Å². The van der Waals surface area contributed by atoms with Gasteiger partial charge in [-0.3, -0.25) is 14.6 Å². The summed E-state index contributed by atoms with van der Waals surface area (Å²) in [7, 11) is 0. The maximum atomic E-state index is 12.7. The van der Waals surface area contributed by atoms with Crippen LogP contribution in [-0.2, 0) is 16.1 Å². The number of hydrogen-bond donors (Lipinski definition) is 1. The average molecular weight is 287 g/mol. The number of piperazine rings is 1. The first-order valence-electron chi connectivity index (χ1n) is 7.44. The van der Waals surface area contributed by atoms with Gasteiger partial charge in [0.2, 0.25) is 11.8 Å². The smallest absolute Gasteiger partial charge is 0.248 e. The summed E-state index contributed by atoms with van der Waals surface area (Å²) in [5.74, 6) is 0.244. The molecule has 1 aliphatic heterocycles. The van der Waals surface area contributed by atoms with Crippen molar-refractivity contribution in [3.05, 3.63) is 29.6 Å². The zero-order valence-corrected chi connectivity index (χ0v) is 12.7. The number of carbonyl (C=O) groups excluding carboxylic acids is 2. The van der Waals surface area contributed by atoms with E-state index in [-0.39, 0.29) is 17.9 Å². The number of pyridine rings is 1. The van der Waals surface area contributed by atoms with Crippen LogP contribution >= 0.6 is 0 Å². The van der Waals surface area contributed by atoms with E-state index in [1.165, 1.54) is 0 Å². The Kier molecular flexibility index (Phi) is 3.23. The molecule has 0 bridgehead atoms. The summed E-state index contributed by atoms with van der Waals surface area (Å²) in [6.45, 7) is 5.90. The summed E-state index contributed by atoms with van der Waals surface area (Å²) in [5.41, 5.74) is 1.07. The molecule has 21 heavy (non-hydrogen) atoms. The number of nitrogens with one attached hydrogen (secondary N) is 1. The fourth-order valence-corrected chi connectivity index (χ4v) is 2.96. The molecule has 3 rings (SSSR count). The van der Waals surface area contributed by atoms with Crippen LogP contribution in [-0.4, -0.2) is 33.3 Å². The summed E-state index contributed by atoms with van der Waals surface area (Å²) in [6.07, 6.45) is 3.76. The maximum Gasteiger partial charge on any atom is 0.248 e. The molecule has 0 spiro atoms. The molecule has 1 aliphatic carbocycles. The van der Waals surface area contributed by atoms with Crippen LogP contribution in [0.2, 0.25) is 0 Å². The molecule has 5 nitrogen and oxygen atoms in total. The van der Waals surface area contributed by atoms with E-state index in [1.54, 1.807) is 24.9 Å². The van der Waals surface area contributed by atoms with Gasteiger partial charge in [0.25, 0.3) is 0 Å². The lowest BCUT2D eigenvalue weighted by Crippen LogP contribution is -2.68. The van der Waals surface area contributed by atoms with E-state index in [4.69, 9.17) is 0 Å². The van der Waals surface area contributed by atoms with Gasteiger partial charge < -0.3 is 10.2 Å². The molecule has 0 radical (unpaired) electrons. The van der Waals surface area contributed by atoms with E-state index in [0.717, 1.165) is 24.1 Å². The number of aromatic nitrogens is 1. The largest absolute Gasteiger partial charge is 0.340 e. The van der Waals surface area contributed by atoms with E-state index in [9.17, 15) is 9.59 Å². The molecule has 112 valence electrons. The van der Waals surface area contributed by atoms with Gasteiger partial charge in [0.15, 0.2) is 0 Å². The van der Waals surface area contributed by atoms with Crippen LogP contribution in [0.5, 0.6) is 0 Å². The third-order valence-corrected chi connectivity index (χ3v) is 4.34. The molecular weight excluding hydrogens is 266 g/mol. The summed E-state index contributed by atoms with van der Waals surface area (Å²) in [6, 6.07) is 3.52. The van der Waals surface area contributed by atoms with Crippen LogP contribution in [0.4, 0.5) is 0 Å². The van der Waals surface area contributed by atoms with Crippen LogP contribution in [0.25, 0.3) is 0 Å². The number of nitrogens with zero attached hydrogens (tertiary/aromatic N) is 2. The second kappa shape index (κ2) is 4.83. The Hall–Kier alpha value is -1.91. The highest BCUT2D eigenvalue weighted by atomic mass is 16.2. The SMILES string of the molecule is Cc1cccnc1CN1C(=O)C(C)(C)NC(=O)C1C1CC1. The van der Waals surface area contributed by atoms with Gasteiger partial charge in [-0.25, -0.2) is 0 Å². The molecule has 2 heterocycles. The third-order valence-electron chi connectivity index (χ3n) is 4.34. The first-order valence-corrected chi connectivity index (χ1v) is 7.44. The van der Waals surface area contributed by atoms with Gasteiger partial charge in [-0.15, -0.1) is 0 Å². The first kappa shape index (κ1) is 14.0. The van der Waals surface area contributed by atoms with E-state index < -0.39 is 5.54 Å². The molecule has 0 aromatic carbocycles. The van der Waals surface area contributed by atoms with Gasteiger partial charge in [0, 0.05) is 6.20 Å². The lowest BCUT2D eigenvalue weighted by Gasteiger charge is -2.43. The molecule has 1 aromatic rings. The lowest BCUT2D eigenvalue weighted by atomic mass is 9.94. The van der Waals surface area contributed by atoms with E-state index in [2.05, 4.69) is 10.3 Å². The van der Waals surface area contributed by atoms with Gasteiger partial charge in [-0.1, -0.05) is 6.07 Å². The van der Waals surface area contributed by atoms with Crippen molar-refractivity contribution in [3.63, 3.8) is 0 Å². The monoisotopic (exact) mass is 287 g/mol. The molecule has 1 unspecified atom stereocenters. The minimum absolute atomic E-state index is 0.0240. The number of rotatable bonds is 3. The molecule has 1 aromatic heterocycles. The third kappa shape index (κ3) is 2.52. The van der Waals surface area contributed by atoms with Crippen LogP contribution < -0.4 is 5.32 Å². The van der Waals surface area contributed by atoms with Crippen LogP contribution in [0.15, 0.2) is 18.3 Å². The Balaban J connectivity index is 1.93. The topological polar surface area (TPSA) is 62.3 Å². The normalized spacial score (nSPS) is 24.9. The molecular formula is C16H21N3O2. The minimum atomic E-state index is -0.842. The lowest BCUT2D eigenvalue weighted by molar-refractivity contribution is -0.155. The standard InChI is InChI=1S/C16H21N3O2/c1-10-5-4-8-17-12(10)9-19-13(11-6-7-11)14(20)18-16(2,3)15(19)21/h4-5,8,11,13H,6-7,9H2,1-3H3,(H,18,20). The van der Waals surface area contributed by atoms with Gasteiger partial charge in [-0.05, 0) is 51.2 Å². The highest BCUT2D eigenvalue weighted by Crippen LogP contribution is 2.38. The van der Waals surface area contributed by atoms with Crippen molar-refractivity contribution in [2.75, 3.05) is 0 Å². The van der Waals surface area contributed by atoms with Gasteiger partial charge in [0.1, 0.15) is 11.6 Å². The van der Waals surface area contributed by atoms with Crippen molar-refractivity contribution >= 4 is 11.8 Å². The predicted molar refractivity (Wildman–Crippen MR) is 78.3 cm³/mol. The number of hydrogen-bond acceptors (Lipinski definition) is 3. The zero-order valence-electron chi connectivity index (χ0n) is 12.7. The van der Waals surface area contributed by atoms with E-state index in [1.807, 2.05) is 19.1 Å². The fourth-order valence-electron chi connectivity index (χ4n) is 2.96. The molecule has 1 N–H and O–H groups in total. The maximum absolute atomic E-state index is 12.7. The first-order chi connectivity index (χ1) is 9.90. The Bertz CT molecular complexity index is 593. The molecule has 1 atom stereocenters. The van der Waals surface area contributed by atoms with Crippen molar-refractivity contribution in [1.82, 2.24) is 15.2 Å². The predicted octanol–water partition coefficient (Wildman–Crippen LogP) is 1.41. The number of carbonyl (C=O) groups is 2. The van der Waals surface area contributed by atoms with Crippen LogP contribution in [0, 0.1) is 12.8 Å². The van der Waals surface area contributed by atoms with Crippen molar-refractivity contribution in [1.29, 1.82) is 0 Å². The highest BCUT2D eigenvalue weighted by Gasteiger charge is 2.50. The fraction of sp³-hybridized carbons (Fsp3) is 0.562. The van der Waals surface area contributed by atoms with Crippen molar-refractivity contribution in [2.45, 2.75) is 51.7 Å². The Morgan fingerprint density at radius 2 is 2.10 bits per heavy atom. The molecule has 2 aliphatic rings. The molecule has 5 heteroatoms. The summed E-state index contributed by atoms with van der Waals surface area (Å²) < 4.78 is 0.